The monoisotopic (exact) mass is 337 g/mol. The molecule has 0 fully saturated rings. The van der Waals surface area contributed by atoms with Crippen LogP contribution in [0.25, 0.3) is 0 Å². The van der Waals surface area contributed by atoms with E-state index in [-0.39, 0.29) is 5.91 Å². The Labute approximate surface area is 126 Å². The molecular weight excluding hydrogens is 322 g/mol. The van der Waals surface area contributed by atoms with E-state index in [1.165, 1.54) is 0 Å². The van der Waals surface area contributed by atoms with E-state index < -0.39 is 0 Å². The lowest BCUT2D eigenvalue weighted by atomic mass is 10.1. The van der Waals surface area contributed by atoms with Gasteiger partial charge in [-0.15, -0.1) is 0 Å². The third kappa shape index (κ3) is 2.98. The smallest absolute Gasteiger partial charge is 0.224 e. The summed E-state index contributed by atoms with van der Waals surface area (Å²) in [5, 5.41) is 2.93. The first-order valence-corrected chi connectivity index (χ1v) is 7.57. The molecular formula is C15H16BrNO3. The lowest BCUT2D eigenvalue weighted by Gasteiger charge is -2.20. The van der Waals surface area contributed by atoms with Crippen molar-refractivity contribution in [1.82, 2.24) is 0 Å². The van der Waals surface area contributed by atoms with Gasteiger partial charge in [0.25, 0.3) is 0 Å². The van der Waals surface area contributed by atoms with Crippen LogP contribution in [0.3, 0.4) is 0 Å². The van der Waals surface area contributed by atoms with Crippen molar-refractivity contribution < 1.29 is 14.3 Å². The molecule has 3 rings (SSSR count). The Balaban J connectivity index is 1.70. The van der Waals surface area contributed by atoms with Crippen molar-refractivity contribution in [2.24, 2.45) is 5.92 Å². The zero-order chi connectivity index (χ0) is 13.9. The van der Waals surface area contributed by atoms with Gasteiger partial charge in [-0.1, -0.05) is 12.2 Å². The fourth-order valence-corrected chi connectivity index (χ4v) is 2.89. The van der Waals surface area contributed by atoms with Crippen LogP contribution in [0.2, 0.25) is 0 Å². The summed E-state index contributed by atoms with van der Waals surface area (Å²) < 4.78 is 11.8. The summed E-state index contributed by atoms with van der Waals surface area (Å²) >= 11 is 3.45. The topological polar surface area (TPSA) is 47.6 Å². The fourth-order valence-electron chi connectivity index (χ4n) is 2.46. The molecule has 0 aromatic heterocycles. The highest BCUT2D eigenvalue weighted by Gasteiger charge is 2.18. The summed E-state index contributed by atoms with van der Waals surface area (Å²) in [5.41, 5.74) is 0.723. The van der Waals surface area contributed by atoms with Crippen LogP contribution in [0.15, 0.2) is 28.8 Å². The fraction of sp³-hybridized carbons (Fsp3) is 0.400. The summed E-state index contributed by atoms with van der Waals surface area (Å²) in [4.78, 5) is 12.1. The van der Waals surface area contributed by atoms with Gasteiger partial charge in [0.05, 0.1) is 5.69 Å². The number of benzene rings is 1. The quantitative estimate of drug-likeness (QED) is 0.858. The Morgan fingerprint density at radius 2 is 2.05 bits per heavy atom. The molecule has 1 aliphatic heterocycles. The minimum absolute atomic E-state index is 0.0268. The number of nitrogens with one attached hydrogen (secondary N) is 1. The van der Waals surface area contributed by atoms with Crippen LogP contribution < -0.4 is 14.8 Å². The van der Waals surface area contributed by atoms with Gasteiger partial charge in [0.15, 0.2) is 11.5 Å². The molecule has 1 unspecified atom stereocenters. The minimum Gasteiger partial charge on any atom is -0.486 e. The van der Waals surface area contributed by atoms with Crippen LogP contribution in [-0.2, 0) is 4.79 Å². The number of hydrogen-bond acceptors (Lipinski definition) is 3. The molecule has 1 aromatic rings. The molecule has 1 N–H and O–H groups in total. The second kappa shape index (κ2) is 5.87. The molecule has 1 aliphatic carbocycles. The molecule has 1 heterocycles. The van der Waals surface area contributed by atoms with Crippen LogP contribution in [0.4, 0.5) is 5.69 Å². The largest absolute Gasteiger partial charge is 0.486 e. The number of carbonyl (C=O) groups excluding carboxylic acids is 1. The molecule has 0 bridgehead atoms. The molecule has 1 aromatic carbocycles. The molecule has 0 radical (unpaired) electrons. The standard InChI is InChI=1S/C15H16BrNO3/c16-11-8-13-14(20-6-5-19-13)9-12(11)17-15(18)7-10-3-1-2-4-10/h1,3,8-10H,2,4-7H2,(H,17,18). The predicted molar refractivity (Wildman–Crippen MR) is 80.2 cm³/mol. The van der Waals surface area contributed by atoms with Gasteiger partial charge < -0.3 is 14.8 Å². The van der Waals surface area contributed by atoms with Gasteiger partial charge in [-0.2, -0.15) is 0 Å². The molecule has 20 heavy (non-hydrogen) atoms. The summed E-state index contributed by atoms with van der Waals surface area (Å²) in [7, 11) is 0. The second-order valence-electron chi connectivity index (χ2n) is 4.99. The first kappa shape index (κ1) is 13.5. The molecule has 5 heteroatoms. The van der Waals surface area contributed by atoms with Gasteiger partial charge in [-0.3, -0.25) is 4.79 Å². The maximum absolute atomic E-state index is 12.1. The van der Waals surface area contributed by atoms with Crippen molar-refractivity contribution in [2.45, 2.75) is 19.3 Å². The van der Waals surface area contributed by atoms with E-state index in [0.29, 0.717) is 37.1 Å². The molecule has 1 atom stereocenters. The Hall–Kier alpha value is -1.49. The second-order valence-corrected chi connectivity index (χ2v) is 5.85. The van der Waals surface area contributed by atoms with Crippen LogP contribution in [0.1, 0.15) is 19.3 Å². The maximum atomic E-state index is 12.1. The molecule has 106 valence electrons. The Morgan fingerprint density at radius 1 is 1.30 bits per heavy atom. The van der Waals surface area contributed by atoms with E-state index in [0.717, 1.165) is 23.0 Å². The van der Waals surface area contributed by atoms with Gasteiger partial charge in [0.2, 0.25) is 5.91 Å². The normalized spacial score (nSPS) is 19.9. The average molecular weight is 338 g/mol. The highest BCUT2D eigenvalue weighted by Crippen LogP contribution is 2.38. The zero-order valence-electron chi connectivity index (χ0n) is 11.0. The molecule has 0 saturated heterocycles. The van der Waals surface area contributed by atoms with Gasteiger partial charge in [0, 0.05) is 23.0 Å². The highest BCUT2D eigenvalue weighted by molar-refractivity contribution is 9.10. The van der Waals surface area contributed by atoms with Crippen molar-refractivity contribution in [2.75, 3.05) is 18.5 Å². The number of allylic oxidation sites excluding steroid dienone is 2. The Bertz CT molecular complexity index is 556. The van der Waals surface area contributed by atoms with Crippen molar-refractivity contribution in [3.63, 3.8) is 0 Å². The van der Waals surface area contributed by atoms with Crippen LogP contribution in [-0.4, -0.2) is 19.1 Å². The number of fused-ring (bicyclic) bond motifs is 1. The maximum Gasteiger partial charge on any atom is 0.224 e. The number of hydrogen-bond donors (Lipinski definition) is 1. The van der Waals surface area contributed by atoms with Crippen molar-refractivity contribution >= 4 is 27.5 Å². The van der Waals surface area contributed by atoms with Crippen molar-refractivity contribution in [3.05, 3.63) is 28.8 Å². The Kier molecular flexibility index (Phi) is 3.96. The van der Waals surface area contributed by atoms with Gasteiger partial charge in [-0.05, 0) is 34.7 Å². The van der Waals surface area contributed by atoms with Gasteiger partial charge in [0.1, 0.15) is 13.2 Å². The van der Waals surface area contributed by atoms with Gasteiger partial charge in [-0.25, -0.2) is 0 Å². The van der Waals surface area contributed by atoms with Crippen LogP contribution >= 0.6 is 15.9 Å². The third-order valence-corrected chi connectivity index (χ3v) is 4.12. The molecule has 2 aliphatic rings. The molecule has 1 amide bonds. The number of carbonyl (C=O) groups is 1. The average Bonchev–Trinajstić information content (AvgIpc) is 2.92. The summed E-state index contributed by atoms with van der Waals surface area (Å²) in [6.07, 6.45) is 6.93. The summed E-state index contributed by atoms with van der Waals surface area (Å²) in [6.45, 7) is 1.09. The Morgan fingerprint density at radius 3 is 2.75 bits per heavy atom. The minimum atomic E-state index is 0.0268. The number of rotatable bonds is 3. The highest BCUT2D eigenvalue weighted by atomic mass is 79.9. The number of ether oxygens (including phenoxy) is 2. The van der Waals surface area contributed by atoms with E-state index in [2.05, 4.69) is 33.4 Å². The molecule has 4 nitrogen and oxygen atoms in total. The molecule has 0 spiro atoms. The van der Waals surface area contributed by atoms with E-state index in [1.54, 1.807) is 6.07 Å². The van der Waals surface area contributed by atoms with Crippen molar-refractivity contribution in [3.8, 4) is 11.5 Å². The number of amides is 1. The number of halogens is 1. The first-order valence-electron chi connectivity index (χ1n) is 6.78. The van der Waals surface area contributed by atoms with E-state index in [9.17, 15) is 4.79 Å². The zero-order valence-corrected chi connectivity index (χ0v) is 12.6. The summed E-state index contributed by atoms with van der Waals surface area (Å²) in [6, 6.07) is 3.64. The summed E-state index contributed by atoms with van der Waals surface area (Å²) in [5.74, 6) is 1.78. The van der Waals surface area contributed by atoms with E-state index in [4.69, 9.17) is 9.47 Å². The van der Waals surface area contributed by atoms with E-state index >= 15 is 0 Å². The van der Waals surface area contributed by atoms with Crippen molar-refractivity contribution in [1.29, 1.82) is 0 Å². The van der Waals surface area contributed by atoms with Gasteiger partial charge >= 0.3 is 0 Å². The molecule has 0 saturated carbocycles. The van der Waals surface area contributed by atoms with E-state index in [1.807, 2.05) is 6.07 Å². The predicted octanol–water partition coefficient (Wildman–Crippen LogP) is 3.52. The first-order chi connectivity index (χ1) is 9.72. The van der Waals surface area contributed by atoms with Crippen LogP contribution in [0, 0.1) is 5.92 Å². The van der Waals surface area contributed by atoms with Crippen LogP contribution in [0.5, 0.6) is 11.5 Å². The number of anilines is 1. The third-order valence-electron chi connectivity index (χ3n) is 3.47. The lowest BCUT2D eigenvalue weighted by Crippen LogP contribution is -2.17. The lowest BCUT2D eigenvalue weighted by molar-refractivity contribution is -0.116. The SMILES string of the molecule is O=C(CC1C=CCC1)Nc1cc2c(cc1Br)OCCO2.